The highest BCUT2D eigenvalue weighted by Crippen LogP contribution is 2.40. The lowest BCUT2D eigenvalue weighted by atomic mass is 9.73. The van der Waals surface area contributed by atoms with Gasteiger partial charge in [0.2, 0.25) is 11.8 Å². The van der Waals surface area contributed by atoms with E-state index >= 15 is 0 Å². The number of amides is 4. The van der Waals surface area contributed by atoms with E-state index in [9.17, 15) is 24.3 Å². The second-order valence-electron chi connectivity index (χ2n) is 8.84. The van der Waals surface area contributed by atoms with Crippen LogP contribution < -0.4 is 10.6 Å². The van der Waals surface area contributed by atoms with Gasteiger partial charge in [-0.15, -0.1) is 0 Å². The van der Waals surface area contributed by atoms with Crippen molar-refractivity contribution in [1.29, 1.82) is 0 Å². The van der Waals surface area contributed by atoms with E-state index in [2.05, 4.69) is 15.5 Å². The SMILES string of the molecule is O=C1CCC(N2C(=O)c3ccc(CN4CC(CO)C5(CNC5)C4)cc3C2=O)C(=O)N1. The molecule has 4 heterocycles. The molecular weight excluding hydrogens is 388 g/mol. The van der Waals surface area contributed by atoms with Crippen molar-refractivity contribution in [3.05, 3.63) is 34.9 Å². The van der Waals surface area contributed by atoms with E-state index in [0.29, 0.717) is 17.7 Å². The van der Waals surface area contributed by atoms with Gasteiger partial charge in [0.15, 0.2) is 0 Å². The summed E-state index contributed by atoms with van der Waals surface area (Å²) in [5, 5.41) is 15.2. The molecule has 3 saturated heterocycles. The molecule has 0 aliphatic carbocycles. The first-order valence-electron chi connectivity index (χ1n) is 10.3. The minimum Gasteiger partial charge on any atom is -0.396 e. The molecule has 1 aromatic carbocycles. The van der Waals surface area contributed by atoms with Crippen LogP contribution in [0, 0.1) is 11.3 Å². The summed E-state index contributed by atoms with van der Waals surface area (Å²) in [5.74, 6) is -1.73. The Labute approximate surface area is 173 Å². The lowest BCUT2D eigenvalue weighted by molar-refractivity contribution is -0.136. The van der Waals surface area contributed by atoms with Gasteiger partial charge in [-0.25, -0.2) is 0 Å². The van der Waals surface area contributed by atoms with Crippen LogP contribution in [0.15, 0.2) is 18.2 Å². The van der Waals surface area contributed by atoms with Crippen molar-refractivity contribution in [2.75, 3.05) is 32.8 Å². The third-order valence-corrected chi connectivity index (χ3v) is 6.97. The van der Waals surface area contributed by atoms with E-state index in [4.69, 9.17) is 0 Å². The molecule has 9 heteroatoms. The maximum absolute atomic E-state index is 13.0. The minimum atomic E-state index is -0.951. The quantitative estimate of drug-likeness (QED) is 0.549. The average molecular weight is 412 g/mol. The highest BCUT2D eigenvalue weighted by molar-refractivity contribution is 6.23. The first-order chi connectivity index (χ1) is 14.4. The minimum absolute atomic E-state index is 0.104. The molecule has 1 spiro atoms. The van der Waals surface area contributed by atoms with Gasteiger partial charge in [0.1, 0.15) is 6.04 Å². The van der Waals surface area contributed by atoms with E-state index in [0.717, 1.165) is 36.6 Å². The molecule has 9 nitrogen and oxygen atoms in total. The number of nitrogens with zero attached hydrogens (tertiary/aromatic N) is 2. The average Bonchev–Trinajstić information content (AvgIpc) is 3.18. The highest BCUT2D eigenvalue weighted by Gasteiger charge is 2.50. The van der Waals surface area contributed by atoms with Gasteiger partial charge in [-0.05, 0) is 24.1 Å². The standard InChI is InChI=1S/C21H24N4O5/c26-8-13-7-24(11-21(13)9-22-10-21)6-12-1-2-14-15(5-12)20(30)25(19(14)29)16-3-4-17(27)23-18(16)28/h1-2,5,13,16,22,26H,3-4,6-11H2,(H,23,27,28). The first-order valence-corrected chi connectivity index (χ1v) is 10.3. The summed E-state index contributed by atoms with van der Waals surface area (Å²) >= 11 is 0. The lowest BCUT2D eigenvalue weighted by Crippen LogP contribution is -2.58. The Morgan fingerprint density at radius 1 is 1.10 bits per heavy atom. The Kier molecular flexibility index (Phi) is 4.49. The number of fused-ring (bicyclic) bond motifs is 1. The van der Waals surface area contributed by atoms with Gasteiger partial charge in [0.05, 0.1) is 11.1 Å². The number of hydrogen-bond acceptors (Lipinski definition) is 7. The summed E-state index contributed by atoms with van der Waals surface area (Å²) in [4.78, 5) is 52.6. The number of benzene rings is 1. The number of piperidine rings is 1. The second kappa shape index (κ2) is 6.97. The fourth-order valence-electron chi connectivity index (χ4n) is 5.24. The molecular formula is C21H24N4O5. The van der Waals surface area contributed by atoms with Crippen LogP contribution in [0.5, 0.6) is 0 Å². The van der Waals surface area contributed by atoms with Crippen LogP contribution >= 0.6 is 0 Å². The highest BCUT2D eigenvalue weighted by atomic mass is 16.3. The summed E-state index contributed by atoms with van der Waals surface area (Å²) in [6, 6.07) is 4.28. The molecule has 0 radical (unpaired) electrons. The van der Waals surface area contributed by atoms with E-state index in [1.165, 1.54) is 0 Å². The van der Waals surface area contributed by atoms with E-state index in [1.54, 1.807) is 12.1 Å². The van der Waals surface area contributed by atoms with Gasteiger partial charge in [0.25, 0.3) is 11.8 Å². The van der Waals surface area contributed by atoms with Crippen LogP contribution in [0.1, 0.15) is 39.1 Å². The smallest absolute Gasteiger partial charge is 0.262 e. The van der Waals surface area contributed by atoms with Crippen LogP contribution in [0.3, 0.4) is 0 Å². The zero-order valence-electron chi connectivity index (χ0n) is 16.5. The van der Waals surface area contributed by atoms with Gasteiger partial charge in [0, 0.05) is 57.1 Å². The number of carbonyl (C=O) groups excluding carboxylic acids is 4. The molecule has 2 unspecified atom stereocenters. The molecule has 3 N–H and O–H groups in total. The van der Waals surface area contributed by atoms with E-state index in [-0.39, 0.29) is 36.7 Å². The molecule has 4 amide bonds. The molecule has 2 atom stereocenters. The van der Waals surface area contributed by atoms with Gasteiger partial charge < -0.3 is 10.4 Å². The monoisotopic (exact) mass is 412 g/mol. The molecule has 0 bridgehead atoms. The number of nitrogens with one attached hydrogen (secondary N) is 2. The summed E-state index contributed by atoms with van der Waals surface area (Å²) in [5.41, 5.74) is 1.64. The normalized spacial score (nSPS) is 28.1. The second-order valence-corrected chi connectivity index (χ2v) is 8.84. The van der Waals surface area contributed by atoms with Crippen LogP contribution in [-0.2, 0) is 16.1 Å². The van der Waals surface area contributed by atoms with Crippen molar-refractivity contribution >= 4 is 23.6 Å². The Bertz CT molecular complexity index is 957. The molecule has 1 aromatic rings. The molecule has 3 fully saturated rings. The van der Waals surface area contributed by atoms with Crippen LogP contribution in [0.2, 0.25) is 0 Å². The fourth-order valence-corrected chi connectivity index (χ4v) is 5.24. The third-order valence-electron chi connectivity index (χ3n) is 6.97. The molecule has 158 valence electrons. The third kappa shape index (κ3) is 2.88. The lowest BCUT2D eigenvalue weighted by Gasteiger charge is -2.43. The summed E-state index contributed by atoms with van der Waals surface area (Å²) < 4.78 is 0. The zero-order chi connectivity index (χ0) is 21.0. The van der Waals surface area contributed by atoms with Crippen molar-refractivity contribution in [3.63, 3.8) is 0 Å². The first kappa shape index (κ1) is 19.3. The molecule has 5 rings (SSSR count). The van der Waals surface area contributed by atoms with Gasteiger partial charge in [-0.3, -0.25) is 34.3 Å². The number of hydrogen-bond donors (Lipinski definition) is 3. The predicted octanol–water partition coefficient (Wildman–Crippen LogP) is -0.898. The molecule has 0 aromatic heterocycles. The molecule has 4 aliphatic heterocycles. The summed E-state index contributed by atoms with van der Waals surface area (Å²) in [7, 11) is 0. The van der Waals surface area contributed by atoms with Crippen molar-refractivity contribution in [3.8, 4) is 0 Å². The number of imide groups is 2. The predicted molar refractivity (Wildman–Crippen MR) is 104 cm³/mol. The summed E-state index contributed by atoms with van der Waals surface area (Å²) in [6.07, 6.45) is 0.252. The van der Waals surface area contributed by atoms with Gasteiger partial charge in [-0.2, -0.15) is 0 Å². The fraction of sp³-hybridized carbons (Fsp3) is 0.524. The molecule has 4 aliphatic rings. The van der Waals surface area contributed by atoms with Gasteiger partial charge in [-0.1, -0.05) is 6.07 Å². The Morgan fingerprint density at radius 3 is 2.50 bits per heavy atom. The van der Waals surface area contributed by atoms with E-state index in [1.807, 2.05) is 6.07 Å². The van der Waals surface area contributed by atoms with Crippen LogP contribution in [-0.4, -0.2) is 77.4 Å². The zero-order valence-corrected chi connectivity index (χ0v) is 16.5. The van der Waals surface area contributed by atoms with Crippen molar-refractivity contribution in [1.82, 2.24) is 20.4 Å². The number of rotatable bonds is 4. The maximum atomic E-state index is 13.0. The molecule has 0 saturated carbocycles. The molecule has 30 heavy (non-hydrogen) atoms. The van der Waals surface area contributed by atoms with Crippen LogP contribution in [0.25, 0.3) is 0 Å². The van der Waals surface area contributed by atoms with Gasteiger partial charge >= 0.3 is 0 Å². The van der Waals surface area contributed by atoms with Crippen molar-refractivity contribution < 1.29 is 24.3 Å². The Morgan fingerprint density at radius 2 is 1.87 bits per heavy atom. The van der Waals surface area contributed by atoms with Crippen molar-refractivity contribution in [2.45, 2.75) is 25.4 Å². The van der Waals surface area contributed by atoms with Crippen molar-refractivity contribution in [2.24, 2.45) is 11.3 Å². The van der Waals surface area contributed by atoms with E-state index < -0.39 is 23.8 Å². The Balaban J connectivity index is 1.34. The maximum Gasteiger partial charge on any atom is 0.262 e. The topological polar surface area (TPSA) is 119 Å². The number of aliphatic hydroxyl groups is 1. The number of aliphatic hydroxyl groups excluding tert-OH is 1. The largest absolute Gasteiger partial charge is 0.396 e. The number of likely N-dealkylation sites (tertiary alicyclic amines) is 1. The number of carbonyl (C=O) groups is 4. The Hall–Kier alpha value is -2.62. The van der Waals surface area contributed by atoms with Crippen LogP contribution in [0.4, 0.5) is 0 Å². The summed E-state index contributed by atoms with van der Waals surface area (Å²) in [6.45, 7) is 4.30.